The Balaban J connectivity index is 2.34. The van der Waals surface area contributed by atoms with E-state index in [1.54, 1.807) is 24.3 Å². The highest BCUT2D eigenvalue weighted by Crippen LogP contribution is 2.24. The molecule has 104 valence electrons. The van der Waals surface area contributed by atoms with Crippen molar-refractivity contribution in [1.29, 1.82) is 0 Å². The van der Waals surface area contributed by atoms with E-state index in [9.17, 15) is 20.0 Å². The molecule has 0 radical (unpaired) electrons. The van der Waals surface area contributed by atoms with Crippen molar-refractivity contribution in [2.45, 2.75) is 0 Å². The molecule has 2 heterocycles. The lowest BCUT2D eigenvalue weighted by Crippen LogP contribution is -2.10. The monoisotopic (exact) mass is 285 g/mol. The first kappa shape index (κ1) is 12.7. The molecule has 0 aliphatic rings. The van der Waals surface area contributed by atoms with Gasteiger partial charge in [-0.1, -0.05) is 18.2 Å². The molecule has 1 aromatic carbocycles. The SMILES string of the molecule is O=C(O)c1nnc2ccccc2c1-n1cc([N+](=O)[O-])cn1. The zero-order valence-corrected chi connectivity index (χ0v) is 10.4. The highest BCUT2D eigenvalue weighted by Gasteiger charge is 2.20. The van der Waals surface area contributed by atoms with Crippen molar-refractivity contribution in [3.8, 4) is 5.69 Å². The number of nitrogens with zero attached hydrogens (tertiary/aromatic N) is 5. The first-order chi connectivity index (χ1) is 10.1. The van der Waals surface area contributed by atoms with E-state index in [4.69, 9.17) is 0 Å². The lowest BCUT2D eigenvalue weighted by Gasteiger charge is -2.07. The van der Waals surface area contributed by atoms with Crippen LogP contribution >= 0.6 is 0 Å². The van der Waals surface area contributed by atoms with Gasteiger partial charge in [0.05, 0.1) is 10.4 Å². The number of aromatic nitrogens is 4. The van der Waals surface area contributed by atoms with E-state index in [0.717, 1.165) is 17.1 Å². The lowest BCUT2D eigenvalue weighted by atomic mass is 10.1. The number of aromatic carboxylic acids is 1. The molecule has 1 N–H and O–H groups in total. The molecule has 0 amide bonds. The second kappa shape index (κ2) is 4.63. The summed E-state index contributed by atoms with van der Waals surface area (Å²) in [5, 5.41) is 31.8. The van der Waals surface area contributed by atoms with Gasteiger partial charge < -0.3 is 5.11 Å². The Kier molecular flexibility index (Phi) is 2.79. The lowest BCUT2D eigenvalue weighted by molar-refractivity contribution is -0.384. The maximum absolute atomic E-state index is 11.3. The van der Waals surface area contributed by atoms with Crippen LogP contribution < -0.4 is 0 Å². The summed E-state index contributed by atoms with van der Waals surface area (Å²) < 4.78 is 1.12. The van der Waals surface area contributed by atoms with E-state index < -0.39 is 10.9 Å². The van der Waals surface area contributed by atoms with Crippen LogP contribution in [0.5, 0.6) is 0 Å². The number of hydrogen-bond acceptors (Lipinski definition) is 6. The fourth-order valence-electron chi connectivity index (χ4n) is 1.95. The van der Waals surface area contributed by atoms with Crippen LogP contribution in [0.2, 0.25) is 0 Å². The van der Waals surface area contributed by atoms with Crippen LogP contribution in [0.1, 0.15) is 10.5 Å². The number of carboxylic acids is 1. The molecule has 0 aliphatic carbocycles. The second-order valence-corrected chi connectivity index (χ2v) is 4.12. The molecule has 3 aromatic rings. The molecule has 0 atom stereocenters. The van der Waals surface area contributed by atoms with Gasteiger partial charge in [-0.05, 0) is 6.07 Å². The summed E-state index contributed by atoms with van der Waals surface area (Å²) in [7, 11) is 0. The highest BCUT2D eigenvalue weighted by atomic mass is 16.6. The predicted molar refractivity (Wildman–Crippen MR) is 70.3 cm³/mol. The van der Waals surface area contributed by atoms with Gasteiger partial charge in [-0.3, -0.25) is 10.1 Å². The van der Waals surface area contributed by atoms with E-state index in [1.165, 1.54) is 0 Å². The Morgan fingerprint density at radius 2 is 2.05 bits per heavy atom. The molecule has 3 rings (SSSR count). The fourth-order valence-corrected chi connectivity index (χ4v) is 1.95. The van der Waals surface area contributed by atoms with E-state index in [1.807, 2.05) is 0 Å². The number of fused-ring (bicyclic) bond motifs is 1. The Bertz CT molecular complexity index is 873. The Labute approximate surface area is 116 Å². The number of carbonyl (C=O) groups is 1. The zero-order valence-electron chi connectivity index (χ0n) is 10.4. The molecule has 2 aromatic heterocycles. The van der Waals surface area contributed by atoms with Crippen molar-refractivity contribution in [1.82, 2.24) is 20.0 Å². The number of nitro groups is 1. The Morgan fingerprint density at radius 3 is 2.71 bits per heavy atom. The van der Waals surface area contributed by atoms with Crippen LogP contribution in [0.15, 0.2) is 36.7 Å². The smallest absolute Gasteiger partial charge is 0.358 e. The van der Waals surface area contributed by atoms with Crippen LogP contribution in [0.25, 0.3) is 16.6 Å². The molecule has 0 aliphatic heterocycles. The highest BCUT2D eigenvalue weighted by molar-refractivity contribution is 5.98. The summed E-state index contributed by atoms with van der Waals surface area (Å²) in [6.07, 6.45) is 2.18. The van der Waals surface area contributed by atoms with Gasteiger partial charge in [-0.15, -0.1) is 10.2 Å². The summed E-state index contributed by atoms with van der Waals surface area (Å²) in [4.78, 5) is 21.4. The van der Waals surface area contributed by atoms with Crippen LogP contribution in [-0.4, -0.2) is 36.0 Å². The second-order valence-electron chi connectivity index (χ2n) is 4.12. The third-order valence-corrected chi connectivity index (χ3v) is 2.85. The maximum atomic E-state index is 11.3. The van der Waals surface area contributed by atoms with Gasteiger partial charge >= 0.3 is 11.7 Å². The molecule has 0 fully saturated rings. The van der Waals surface area contributed by atoms with Gasteiger partial charge in [0.1, 0.15) is 18.1 Å². The average Bonchev–Trinajstić information content (AvgIpc) is 2.95. The van der Waals surface area contributed by atoms with E-state index >= 15 is 0 Å². The van der Waals surface area contributed by atoms with Crippen molar-refractivity contribution < 1.29 is 14.8 Å². The van der Waals surface area contributed by atoms with Gasteiger partial charge in [0.15, 0.2) is 5.69 Å². The quantitative estimate of drug-likeness (QED) is 0.570. The Morgan fingerprint density at radius 1 is 1.29 bits per heavy atom. The summed E-state index contributed by atoms with van der Waals surface area (Å²) in [6.45, 7) is 0. The summed E-state index contributed by atoms with van der Waals surface area (Å²) >= 11 is 0. The molecular weight excluding hydrogens is 278 g/mol. The third-order valence-electron chi connectivity index (χ3n) is 2.85. The van der Waals surface area contributed by atoms with E-state index in [0.29, 0.717) is 10.9 Å². The minimum atomic E-state index is -1.29. The number of carboxylic acid groups (broad SMARTS) is 1. The van der Waals surface area contributed by atoms with Crippen LogP contribution in [-0.2, 0) is 0 Å². The maximum Gasteiger partial charge on any atom is 0.358 e. The number of rotatable bonds is 3. The van der Waals surface area contributed by atoms with Crippen molar-refractivity contribution in [2.75, 3.05) is 0 Å². The molecule has 21 heavy (non-hydrogen) atoms. The van der Waals surface area contributed by atoms with Gasteiger partial charge in [0.25, 0.3) is 0 Å². The fraction of sp³-hybridized carbons (Fsp3) is 0. The van der Waals surface area contributed by atoms with Crippen molar-refractivity contribution in [3.63, 3.8) is 0 Å². The summed E-state index contributed by atoms with van der Waals surface area (Å²) in [5.74, 6) is -1.29. The molecule has 0 saturated heterocycles. The van der Waals surface area contributed by atoms with Gasteiger partial charge in [0, 0.05) is 5.39 Å². The van der Waals surface area contributed by atoms with Crippen molar-refractivity contribution in [2.24, 2.45) is 0 Å². The largest absolute Gasteiger partial charge is 0.476 e. The summed E-state index contributed by atoms with van der Waals surface area (Å²) in [6, 6.07) is 6.75. The summed E-state index contributed by atoms with van der Waals surface area (Å²) in [5.41, 5.74) is 0.0378. The van der Waals surface area contributed by atoms with Crippen molar-refractivity contribution in [3.05, 3.63) is 52.5 Å². The minimum absolute atomic E-state index is 0.140. The van der Waals surface area contributed by atoms with Gasteiger partial charge in [-0.25, -0.2) is 9.48 Å². The topological polar surface area (TPSA) is 124 Å². The molecule has 0 saturated carbocycles. The Hall–Kier alpha value is -3.36. The standard InChI is InChI=1S/C12H7N5O4/c18-12(19)10-11(16-6-7(5-13-16)17(20)21)8-3-1-2-4-9(8)14-15-10/h1-6H,(H,18,19). The van der Waals surface area contributed by atoms with Crippen LogP contribution in [0.3, 0.4) is 0 Å². The first-order valence-electron chi connectivity index (χ1n) is 5.76. The molecule has 0 unspecified atom stereocenters. The van der Waals surface area contributed by atoms with Crippen LogP contribution in [0, 0.1) is 10.1 Å². The third kappa shape index (κ3) is 2.06. The van der Waals surface area contributed by atoms with Crippen molar-refractivity contribution >= 4 is 22.6 Å². The van der Waals surface area contributed by atoms with E-state index in [-0.39, 0.29) is 17.1 Å². The number of benzene rings is 1. The number of hydrogen-bond donors (Lipinski definition) is 1. The minimum Gasteiger partial charge on any atom is -0.476 e. The molecular formula is C12H7N5O4. The molecule has 0 spiro atoms. The van der Waals surface area contributed by atoms with Gasteiger partial charge in [-0.2, -0.15) is 5.10 Å². The molecule has 9 heteroatoms. The zero-order chi connectivity index (χ0) is 15.0. The predicted octanol–water partition coefficient (Wildman–Crippen LogP) is 1.42. The van der Waals surface area contributed by atoms with E-state index in [2.05, 4.69) is 15.3 Å². The molecule has 9 nitrogen and oxygen atoms in total. The molecule has 0 bridgehead atoms. The first-order valence-corrected chi connectivity index (χ1v) is 5.76. The normalized spacial score (nSPS) is 10.7. The average molecular weight is 285 g/mol. The van der Waals surface area contributed by atoms with Gasteiger partial charge in [0.2, 0.25) is 0 Å². The van der Waals surface area contributed by atoms with Crippen LogP contribution in [0.4, 0.5) is 5.69 Å².